The van der Waals surface area contributed by atoms with E-state index in [0.717, 1.165) is 19.0 Å². The van der Waals surface area contributed by atoms with Gasteiger partial charge in [-0.05, 0) is 44.5 Å². The lowest BCUT2D eigenvalue weighted by Gasteiger charge is -2.34. The Morgan fingerprint density at radius 2 is 1.70 bits per heavy atom. The summed E-state index contributed by atoms with van der Waals surface area (Å²) in [6.07, 6.45) is -8.33. The van der Waals surface area contributed by atoms with E-state index in [4.69, 9.17) is 20.4 Å². The molecule has 0 bridgehead atoms. The first-order valence-corrected chi connectivity index (χ1v) is 9.87. The molecule has 33 heavy (non-hydrogen) atoms. The predicted octanol–water partition coefficient (Wildman–Crippen LogP) is 0.657. The number of nitrogens with one attached hydrogen (secondary N) is 1. The van der Waals surface area contributed by atoms with Crippen molar-refractivity contribution >= 4 is 11.9 Å². The summed E-state index contributed by atoms with van der Waals surface area (Å²) < 4.78 is 52.7. The fraction of sp³-hybridized carbons (Fsp3) is 0.600. The van der Waals surface area contributed by atoms with Crippen molar-refractivity contribution in [3.8, 4) is 0 Å². The SMILES string of the molecule is CC(C)(O)CN(Cc1ccc(F)cc1C(F)(F)F)[C@H]1CCNC1.O=C(O)C(O)C(O)C(=O)O. The van der Waals surface area contributed by atoms with Crippen molar-refractivity contribution in [2.75, 3.05) is 19.6 Å². The number of nitrogens with zero attached hydrogens (tertiary/aromatic N) is 1. The molecule has 0 saturated carbocycles. The van der Waals surface area contributed by atoms with Gasteiger partial charge in [0.2, 0.25) is 0 Å². The maximum Gasteiger partial charge on any atom is 0.416 e. The molecular weight excluding hydrogens is 456 g/mol. The van der Waals surface area contributed by atoms with E-state index in [2.05, 4.69) is 5.32 Å². The van der Waals surface area contributed by atoms with Crippen LogP contribution in [0.2, 0.25) is 0 Å². The molecule has 1 saturated heterocycles. The molecule has 9 nitrogen and oxygen atoms in total. The van der Waals surface area contributed by atoms with E-state index in [0.29, 0.717) is 12.6 Å². The van der Waals surface area contributed by atoms with Gasteiger partial charge in [0, 0.05) is 25.7 Å². The van der Waals surface area contributed by atoms with Gasteiger partial charge in [-0.1, -0.05) is 6.07 Å². The average molecular weight is 484 g/mol. The van der Waals surface area contributed by atoms with Crippen LogP contribution in [0.15, 0.2) is 18.2 Å². The number of carboxylic acid groups (broad SMARTS) is 2. The van der Waals surface area contributed by atoms with Crippen LogP contribution in [0.5, 0.6) is 0 Å². The van der Waals surface area contributed by atoms with Crippen molar-refractivity contribution in [1.82, 2.24) is 10.2 Å². The first kappa shape index (κ1) is 28.7. The van der Waals surface area contributed by atoms with E-state index < -0.39 is 47.3 Å². The van der Waals surface area contributed by atoms with Crippen molar-refractivity contribution in [3.63, 3.8) is 0 Å². The Balaban J connectivity index is 0.000000461. The van der Waals surface area contributed by atoms with Gasteiger partial charge in [0.15, 0.2) is 12.2 Å². The Morgan fingerprint density at radius 1 is 1.15 bits per heavy atom. The lowest BCUT2D eigenvalue weighted by molar-refractivity contribution is -0.165. The van der Waals surface area contributed by atoms with Crippen LogP contribution in [0.1, 0.15) is 31.4 Å². The number of rotatable bonds is 8. The van der Waals surface area contributed by atoms with Crippen molar-refractivity contribution in [1.29, 1.82) is 0 Å². The number of aliphatic hydroxyl groups is 3. The molecule has 1 aromatic rings. The van der Waals surface area contributed by atoms with Crippen LogP contribution < -0.4 is 5.32 Å². The van der Waals surface area contributed by atoms with Crippen molar-refractivity contribution in [2.24, 2.45) is 0 Å². The third kappa shape index (κ3) is 9.60. The summed E-state index contributed by atoms with van der Waals surface area (Å²) in [4.78, 5) is 21.4. The number of hydrogen-bond acceptors (Lipinski definition) is 7. The molecule has 6 N–H and O–H groups in total. The van der Waals surface area contributed by atoms with Gasteiger partial charge in [-0.2, -0.15) is 13.2 Å². The van der Waals surface area contributed by atoms with E-state index in [9.17, 15) is 32.3 Å². The zero-order valence-electron chi connectivity index (χ0n) is 18.0. The normalized spacial score (nSPS) is 18.4. The molecule has 0 amide bonds. The lowest BCUT2D eigenvalue weighted by Crippen LogP contribution is -2.45. The minimum absolute atomic E-state index is 0.0193. The molecule has 1 aromatic carbocycles. The standard InChI is InChI=1S/C16H22F4N2O.C4H6O6/c1-15(2,23)10-22(13-5-6-21-8-13)9-11-3-4-12(17)7-14(11)16(18,19)20;5-1(3(7)8)2(6)4(9)10/h3-4,7,13,21,23H,5-6,8-10H2,1-2H3;1-2,5-6H,(H,7,8)(H,9,10)/t13-;/m0./s1. The first-order valence-electron chi connectivity index (χ1n) is 9.87. The van der Waals surface area contributed by atoms with E-state index in [-0.39, 0.29) is 24.7 Å². The van der Waals surface area contributed by atoms with Crippen LogP contribution >= 0.6 is 0 Å². The molecular formula is C20H28F4N2O7. The van der Waals surface area contributed by atoms with Gasteiger partial charge in [-0.3, -0.25) is 4.90 Å². The first-order chi connectivity index (χ1) is 15.0. The molecule has 0 radical (unpaired) electrons. The van der Waals surface area contributed by atoms with Crippen LogP contribution in [0.4, 0.5) is 17.6 Å². The quantitative estimate of drug-likeness (QED) is 0.293. The topological polar surface area (TPSA) is 151 Å². The average Bonchev–Trinajstić information content (AvgIpc) is 3.21. The second-order valence-corrected chi connectivity index (χ2v) is 8.23. The summed E-state index contributed by atoms with van der Waals surface area (Å²) in [5, 5.41) is 45.8. The highest BCUT2D eigenvalue weighted by Gasteiger charge is 2.35. The van der Waals surface area contributed by atoms with Gasteiger partial charge in [0.1, 0.15) is 5.82 Å². The van der Waals surface area contributed by atoms with E-state index in [1.165, 1.54) is 6.07 Å². The highest BCUT2D eigenvalue weighted by molar-refractivity contribution is 5.83. The summed E-state index contributed by atoms with van der Waals surface area (Å²) in [5.74, 6) is -4.44. The molecule has 2 unspecified atom stereocenters. The Kier molecular flexibility index (Phi) is 10.2. The number of hydrogen-bond donors (Lipinski definition) is 6. The molecule has 0 spiro atoms. The Hall–Kier alpha value is -2.32. The third-order valence-corrected chi connectivity index (χ3v) is 4.70. The number of halogens is 4. The summed E-state index contributed by atoms with van der Waals surface area (Å²) in [6.45, 7) is 4.97. The minimum Gasteiger partial charge on any atom is -0.479 e. The van der Waals surface area contributed by atoms with Crippen molar-refractivity contribution in [3.05, 3.63) is 35.1 Å². The molecule has 1 aliphatic heterocycles. The number of aliphatic carboxylic acids is 2. The molecule has 188 valence electrons. The maximum absolute atomic E-state index is 13.2. The van der Waals surface area contributed by atoms with Gasteiger partial charge in [-0.15, -0.1) is 0 Å². The molecule has 1 aliphatic rings. The largest absolute Gasteiger partial charge is 0.479 e. The molecule has 2 rings (SSSR count). The monoisotopic (exact) mass is 484 g/mol. The lowest BCUT2D eigenvalue weighted by atomic mass is 10.0. The number of alkyl halides is 3. The summed E-state index contributed by atoms with van der Waals surface area (Å²) >= 11 is 0. The third-order valence-electron chi connectivity index (χ3n) is 4.70. The van der Waals surface area contributed by atoms with Gasteiger partial charge in [0.25, 0.3) is 0 Å². The maximum atomic E-state index is 13.2. The zero-order chi connectivity index (χ0) is 25.6. The van der Waals surface area contributed by atoms with Crippen LogP contribution in [0.3, 0.4) is 0 Å². The predicted molar refractivity (Wildman–Crippen MR) is 107 cm³/mol. The van der Waals surface area contributed by atoms with Gasteiger partial charge >= 0.3 is 18.1 Å². The van der Waals surface area contributed by atoms with Crippen LogP contribution in [-0.4, -0.2) is 85.9 Å². The summed E-state index contributed by atoms with van der Waals surface area (Å²) in [6, 6.07) is 2.80. The van der Waals surface area contributed by atoms with E-state index in [1.54, 1.807) is 13.8 Å². The van der Waals surface area contributed by atoms with Crippen molar-refractivity contribution < 1.29 is 52.7 Å². The van der Waals surface area contributed by atoms with Gasteiger partial charge in [-0.25, -0.2) is 14.0 Å². The highest BCUT2D eigenvalue weighted by Crippen LogP contribution is 2.33. The van der Waals surface area contributed by atoms with Gasteiger partial charge in [0.05, 0.1) is 11.2 Å². The fourth-order valence-corrected chi connectivity index (χ4v) is 3.20. The molecule has 0 aromatic heterocycles. The number of carbonyl (C=O) groups is 2. The minimum atomic E-state index is -4.61. The highest BCUT2D eigenvalue weighted by atomic mass is 19.4. The molecule has 13 heteroatoms. The molecule has 1 heterocycles. The Labute approximate surface area is 187 Å². The van der Waals surface area contributed by atoms with Gasteiger partial charge < -0.3 is 30.8 Å². The molecule has 0 aliphatic carbocycles. The van der Waals surface area contributed by atoms with Crippen LogP contribution in [-0.2, 0) is 22.3 Å². The number of benzene rings is 1. The molecule has 1 fully saturated rings. The summed E-state index contributed by atoms with van der Waals surface area (Å²) in [7, 11) is 0. The molecule has 3 atom stereocenters. The second-order valence-electron chi connectivity index (χ2n) is 8.23. The number of carboxylic acids is 2. The van der Waals surface area contributed by atoms with E-state index in [1.807, 2.05) is 4.90 Å². The Morgan fingerprint density at radius 3 is 2.09 bits per heavy atom. The smallest absolute Gasteiger partial charge is 0.416 e. The fourth-order valence-electron chi connectivity index (χ4n) is 3.20. The zero-order valence-corrected chi connectivity index (χ0v) is 18.0. The Bertz CT molecular complexity index is 791. The van der Waals surface area contributed by atoms with E-state index >= 15 is 0 Å². The van der Waals surface area contributed by atoms with Crippen LogP contribution in [0, 0.1) is 5.82 Å². The summed E-state index contributed by atoms with van der Waals surface area (Å²) in [5.41, 5.74) is -1.96. The number of aliphatic hydroxyl groups excluding tert-OH is 2. The van der Waals surface area contributed by atoms with Crippen LogP contribution in [0.25, 0.3) is 0 Å². The second kappa shape index (κ2) is 11.7. The van der Waals surface area contributed by atoms with Crippen molar-refractivity contribution in [2.45, 2.75) is 56.8 Å².